The number of aliphatic carboxylic acids is 1. The van der Waals surface area contributed by atoms with Crippen LogP contribution in [-0.4, -0.2) is 47.8 Å². The van der Waals surface area contributed by atoms with E-state index in [4.69, 9.17) is 4.74 Å². The Morgan fingerprint density at radius 1 is 1.02 bits per heavy atom. The van der Waals surface area contributed by atoms with Crippen LogP contribution >= 0.6 is 0 Å². The Hall–Kier alpha value is -4.73. The second-order valence-corrected chi connectivity index (χ2v) is 10.7. The zero-order valence-electron chi connectivity index (χ0n) is 21.6. The van der Waals surface area contributed by atoms with Crippen molar-refractivity contribution in [1.82, 2.24) is 9.29 Å². The highest BCUT2D eigenvalue weighted by Crippen LogP contribution is 2.26. The van der Waals surface area contributed by atoms with Crippen LogP contribution in [0.25, 0.3) is 10.9 Å². The van der Waals surface area contributed by atoms with Gasteiger partial charge in [-0.2, -0.15) is 4.72 Å². The van der Waals surface area contributed by atoms with Gasteiger partial charge in [0.25, 0.3) is 0 Å². The number of sulfonamides is 1. The van der Waals surface area contributed by atoms with E-state index in [9.17, 15) is 37.0 Å². The van der Waals surface area contributed by atoms with Gasteiger partial charge in [0.1, 0.15) is 30.0 Å². The largest absolute Gasteiger partial charge is 0.481 e. The van der Waals surface area contributed by atoms with Gasteiger partial charge in [0.05, 0.1) is 10.5 Å². The lowest BCUT2D eigenvalue weighted by Crippen LogP contribution is -2.42. The van der Waals surface area contributed by atoms with E-state index in [2.05, 4.69) is 16.6 Å². The Labute approximate surface area is 234 Å². The average molecular weight is 583 g/mol. The number of halogens is 2. The van der Waals surface area contributed by atoms with Crippen molar-refractivity contribution in [3.8, 4) is 17.6 Å². The maximum Gasteiger partial charge on any atom is 0.335 e. The first-order chi connectivity index (χ1) is 19.5. The van der Waals surface area contributed by atoms with Crippen LogP contribution in [0.4, 0.5) is 8.78 Å². The molecule has 0 saturated carbocycles. The summed E-state index contributed by atoms with van der Waals surface area (Å²) in [4.78, 5) is 23.6. The van der Waals surface area contributed by atoms with Crippen molar-refractivity contribution in [2.45, 2.75) is 30.8 Å². The molecule has 1 unspecified atom stereocenters. The molecule has 0 bridgehead atoms. The van der Waals surface area contributed by atoms with E-state index in [0.29, 0.717) is 22.2 Å². The summed E-state index contributed by atoms with van der Waals surface area (Å²) < 4.78 is 62.8. The Bertz CT molecular complexity index is 1770. The molecule has 0 fully saturated rings. The third-order valence-electron chi connectivity index (χ3n) is 6.13. The minimum Gasteiger partial charge on any atom is -0.481 e. The van der Waals surface area contributed by atoms with Crippen LogP contribution in [-0.2, 0) is 27.8 Å². The topological polar surface area (TPSA) is 135 Å². The number of hydrogen-bond donors (Lipinski definition) is 3. The van der Waals surface area contributed by atoms with Crippen molar-refractivity contribution in [3.05, 3.63) is 95.2 Å². The van der Waals surface area contributed by atoms with Crippen molar-refractivity contribution in [1.29, 1.82) is 0 Å². The molecular formula is C29H24F2N2O7S. The summed E-state index contributed by atoms with van der Waals surface area (Å²) in [7, 11) is -4.29. The summed E-state index contributed by atoms with van der Waals surface area (Å²) in [5.74, 6) is 1.51. The number of nitrogens with one attached hydrogen (secondary N) is 1. The van der Waals surface area contributed by atoms with Crippen LogP contribution in [0.1, 0.15) is 28.4 Å². The number of hydrogen-bond acceptors (Lipinski definition) is 5. The monoisotopic (exact) mass is 582 g/mol. The molecule has 1 atom stereocenters. The van der Waals surface area contributed by atoms with Crippen molar-refractivity contribution < 1.29 is 41.7 Å². The van der Waals surface area contributed by atoms with Gasteiger partial charge >= 0.3 is 11.9 Å². The highest BCUT2D eigenvalue weighted by molar-refractivity contribution is 7.89. The fraction of sp³-hybridized carbons (Fsp3) is 0.172. The van der Waals surface area contributed by atoms with E-state index in [-0.39, 0.29) is 35.6 Å². The molecule has 0 saturated heterocycles. The molecule has 1 aromatic heterocycles. The lowest BCUT2D eigenvalue weighted by atomic mass is 10.0. The number of benzene rings is 3. The number of aromatic carboxylic acids is 1. The summed E-state index contributed by atoms with van der Waals surface area (Å²) in [5, 5.41) is 19.7. The fourth-order valence-electron chi connectivity index (χ4n) is 4.26. The predicted molar refractivity (Wildman–Crippen MR) is 145 cm³/mol. The SMILES string of the molecule is CC#CCOc1ccc(S(=O)(=O)NC(Cc2cn(Cc3cc(F)cc(F)c3)c3ccc(C(=O)O)cc23)C(=O)O)cc1. The van der Waals surface area contributed by atoms with Crippen LogP contribution in [0, 0.1) is 23.5 Å². The number of carbonyl (C=O) groups is 2. The molecule has 3 aromatic carbocycles. The van der Waals surface area contributed by atoms with Gasteiger partial charge in [-0.25, -0.2) is 22.0 Å². The molecule has 3 N–H and O–H groups in total. The van der Waals surface area contributed by atoms with E-state index in [1.54, 1.807) is 11.5 Å². The minimum absolute atomic E-state index is 0.0146. The van der Waals surface area contributed by atoms with Crippen LogP contribution in [0.5, 0.6) is 5.75 Å². The third-order valence-corrected chi connectivity index (χ3v) is 7.61. The summed E-state index contributed by atoms with van der Waals surface area (Å²) in [6.07, 6.45) is 1.16. The van der Waals surface area contributed by atoms with E-state index in [1.807, 2.05) is 0 Å². The van der Waals surface area contributed by atoms with E-state index in [0.717, 1.165) is 18.2 Å². The molecule has 41 heavy (non-hydrogen) atoms. The Morgan fingerprint density at radius 3 is 2.32 bits per heavy atom. The van der Waals surface area contributed by atoms with Crippen molar-refractivity contribution >= 4 is 32.9 Å². The molecule has 12 heteroatoms. The first-order valence-electron chi connectivity index (χ1n) is 12.1. The molecule has 0 aliphatic rings. The predicted octanol–water partition coefficient (Wildman–Crippen LogP) is 4.04. The first-order valence-corrected chi connectivity index (χ1v) is 13.6. The highest BCUT2D eigenvalue weighted by atomic mass is 32.2. The second-order valence-electron chi connectivity index (χ2n) is 9.00. The smallest absolute Gasteiger partial charge is 0.335 e. The lowest BCUT2D eigenvalue weighted by Gasteiger charge is -2.15. The molecule has 0 amide bonds. The van der Waals surface area contributed by atoms with Gasteiger partial charge in [-0.15, -0.1) is 5.92 Å². The molecule has 0 aliphatic carbocycles. The van der Waals surface area contributed by atoms with Crippen LogP contribution < -0.4 is 9.46 Å². The Balaban J connectivity index is 1.65. The molecular weight excluding hydrogens is 558 g/mol. The lowest BCUT2D eigenvalue weighted by molar-refractivity contribution is -0.138. The van der Waals surface area contributed by atoms with Crippen LogP contribution in [0.2, 0.25) is 0 Å². The van der Waals surface area contributed by atoms with Gasteiger partial charge in [-0.1, -0.05) is 5.92 Å². The van der Waals surface area contributed by atoms with Crippen molar-refractivity contribution in [2.24, 2.45) is 0 Å². The maximum absolute atomic E-state index is 13.8. The average Bonchev–Trinajstić information content (AvgIpc) is 3.24. The van der Waals surface area contributed by atoms with Gasteiger partial charge in [-0.05, 0) is 72.6 Å². The number of rotatable bonds is 11. The molecule has 0 spiro atoms. The molecule has 1 heterocycles. The van der Waals surface area contributed by atoms with Gasteiger partial charge < -0.3 is 19.5 Å². The number of nitrogens with zero attached hydrogens (tertiary/aromatic N) is 1. The molecule has 0 aliphatic heterocycles. The number of carboxylic acid groups (broad SMARTS) is 2. The first kappa shape index (κ1) is 29.3. The van der Waals surface area contributed by atoms with E-state index < -0.39 is 39.6 Å². The van der Waals surface area contributed by atoms with Gasteiger partial charge in [0.2, 0.25) is 10.0 Å². The molecule has 4 aromatic rings. The Kier molecular flexibility index (Phi) is 8.71. The summed E-state index contributed by atoms with van der Waals surface area (Å²) >= 11 is 0. The quantitative estimate of drug-likeness (QED) is 0.227. The summed E-state index contributed by atoms with van der Waals surface area (Å²) in [6.45, 7) is 1.75. The fourth-order valence-corrected chi connectivity index (χ4v) is 5.45. The minimum atomic E-state index is -4.29. The van der Waals surface area contributed by atoms with Crippen molar-refractivity contribution in [3.63, 3.8) is 0 Å². The third kappa shape index (κ3) is 7.08. The highest BCUT2D eigenvalue weighted by Gasteiger charge is 2.27. The van der Waals surface area contributed by atoms with Crippen LogP contribution in [0.3, 0.4) is 0 Å². The number of aromatic nitrogens is 1. The summed E-state index contributed by atoms with van der Waals surface area (Å²) in [5.41, 5.74) is 0.978. The second kappa shape index (κ2) is 12.2. The van der Waals surface area contributed by atoms with Gasteiger partial charge in [0, 0.05) is 36.1 Å². The Morgan fingerprint density at radius 2 is 1.71 bits per heavy atom. The molecule has 4 rings (SSSR count). The molecule has 9 nitrogen and oxygen atoms in total. The van der Waals surface area contributed by atoms with E-state index >= 15 is 0 Å². The molecule has 212 valence electrons. The number of ether oxygens (including phenoxy) is 1. The number of fused-ring (bicyclic) bond motifs is 1. The maximum atomic E-state index is 13.8. The zero-order chi connectivity index (χ0) is 29.7. The van der Waals surface area contributed by atoms with Gasteiger partial charge in [-0.3, -0.25) is 4.79 Å². The van der Waals surface area contributed by atoms with Crippen LogP contribution in [0.15, 0.2) is 71.8 Å². The standard InChI is InChI=1S/C29H24F2N2O7S/c1-2-3-10-40-23-5-7-24(8-6-23)41(38,39)32-26(29(36)37)14-20-17-33(16-18-11-21(30)15-22(31)12-18)27-9-4-19(28(34)35)13-25(20)27/h4-9,11-13,15,17,26,32H,10,14,16H2,1H3,(H,34,35)(H,36,37). The van der Waals surface area contributed by atoms with E-state index in [1.165, 1.54) is 48.7 Å². The normalized spacial score (nSPS) is 12.0. The number of carboxylic acids is 2. The zero-order valence-corrected chi connectivity index (χ0v) is 22.4. The van der Waals surface area contributed by atoms with Gasteiger partial charge in [0.15, 0.2) is 0 Å². The summed E-state index contributed by atoms with van der Waals surface area (Å²) in [6, 6.07) is 10.9. The van der Waals surface area contributed by atoms with Crippen molar-refractivity contribution in [2.75, 3.05) is 6.61 Å². The molecule has 0 radical (unpaired) electrons.